The second kappa shape index (κ2) is 7.75. The first-order valence-corrected chi connectivity index (χ1v) is 4.73. The van der Waals surface area contributed by atoms with Crippen molar-refractivity contribution in [3.05, 3.63) is 30.3 Å². The monoisotopic (exact) mass is 232 g/mol. The quantitative estimate of drug-likeness (QED) is 0.423. The topological polar surface area (TPSA) is 80.4 Å². The fraction of sp³-hybridized carbons (Fsp3) is 0. The van der Waals surface area contributed by atoms with Gasteiger partial charge in [-0.05, 0) is 23.9 Å². The van der Waals surface area contributed by atoms with Crippen molar-refractivity contribution in [3.63, 3.8) is 0 Å². The van der Waals surface area contributed by atoms with Crippen LogP contribution in [0.1, 0.15) is 0 Å². The molecule has 0 fully saturated rings. The van der Waals surface area contributed by atoms with Crippen molar-refractivity contribution in [2.24, 2.45) is 5.25 Å². The molecule has 7 heteroatoms. The minimum Gasteiger partial charge on any atom is -0.282 e. The van der Waals surface area contributed by atoms with Crippen molar-refractivity contribution >= 4 is 51.5 Å². The summed E-state index contributed by atoms with van der Waals surface area (Å²) in [7, 11) is -4.00. The molecular formula is C6H8ClNNaO3S. The maximum absolute atomic E-state index is 10.4. The van der Waals surface area contributed by atoms with E-state index in [1.165, 1.54) is 12.1 Å². The van der Waals surface area contributed by atoms with E-state index in [0.29, 0.717) is 0 Å². The van der Waals surface area contributed by atoms with Gasteiger partial charge in [-0.2, -0.15) is 8.42 Å². The molecule has 1 aromatic rings. The Bertz CT molecular complexity index is 316. The number of nitrogens with two attached hydrogens (primary N) is 1. The largest absolute Gasteiger partial charge is 0.294 e. The predicted molar refractivity (Wildman–Crippen MR) is 52.1 cm³/mol. The van der Waals surface area contributed by atoms with E-state index in [0.717, 1.165) is 0 Å². The van der Waals surface area contributed by atoms with Crippen LogP contribution in [0.3, 0.4) is 0 Å². The molecule has 0 atom stereocenters. The van der Waals surface area contributed by atoms with Crippen molar-refractivity contribution < 1.29 is 13.0 Å². The molecule has 0 heterocycles. The summed E-state index contributed by atoms with van der Waals surface area (Å²) < 4.78 is 29.2. The van der Waals surface area contributed by atoms with Crippen LogP contribution in [-0.2, 0) is 10.1 Å². The van der Waals surface area contributed by atoms with Gasteiger partial charge in [0.15, 0.2) is 0 Å². The second-order valence-corrected chi connectivity index (χ2v) is 3.21. The Morgan fingerprint density at radius 3 is 1.77 bits per heavy atom. The van der Waals surface area contributed by atoms with Gasteiger partial charge in [0.25, 0.3) is 10.1 Å². The first-order valence-electron chi connectivity index (χ1n) is 2.85. The first-order chi connectivity index (χ1) is 5.61. The van der Waals surface area contributed by atoms with Gasteiger partial charge in [0, 0.05) is 29.6 Å². The van der Waals surface area contributed by atoms with Gasteiger partial charge in [-0.1, -0.05) is 18.2 Å². The molecule has 0 aliphatic rings. The zero-order valence-corrected chi connectivity index (χ0v) is 10.6. The van der Waals surface area contributed by atoms with E-state index < -0.39 is 10.1 Å². The minimum atomic E-state index is -4.00. The Labute approximate surface area is 104 Å². The fourth-order valence-electron chi connectivity index (χ4n) is 0.592. The zero-order valence-electron chi connectivity index (χ0n) is 7.01. The molecule has 0 saturated carbocycles. The van der Waals surface area contributed by atoms with Crippen LogP contribution >= 0.6 is 11.8 Å². The molecular weight excluding hydrogens is 225 g/mol. The van der Waals surface area contributed by atoms with Gasteiger partial charge in [0.1, 0.15) is 0 Å². The molecule has 0 bridgehead atoms. The number of benzene rings is 1. The molecule has 69 valence electrons. The summed E-state index contributed by atoms with van der Waals surface area (Å²) in [4.78, 5) is -0.0741. The molecule has 0 aliphatic carbocycles. The normalized spacial score (nSPS) is 9.15. The minimum absolute atomic E-state index is 0. The van der Waals surface area contributed by atoms with Crippen molar-refractivity contribution in [2.45, 2.75) is 4.90 Å². The maximum atomic E-state index is 10.4. The molecule has 0 amide bonds. The zero-order chi connectivity index (χ0) is 9.61. The van der Waals surface area contributed by atoms with Gasteiger partial charge in [-0.15, -0.1) is 0 Å². The maximum Gasteiger partial charge on any atom is 0.294 e. The Kier molecular flexibility index (Phi) is 9.44. The van der Waals surface area contributed by atoms with Crippen molar-refractivity contribution in [2.75, 3.05) is 0 Å². The summed E-state index contributed by atoms with van der Waals surface area (Å²) in [6.45, 7) is 0. The van der Waals surface area contributed by atoms with E-state index in [4.69, 9.17) is 4.55 Å². The smallest absolute Gasteiger partial charge is 0.282 e. The van der Waals surface area contributed by atoms with Crippen molar-refractivity contribution in [3.8, 4) is 0 Å². The summed E-state index contributed by atoms with van der Waals surface area (Å²) in [5.74, 6) is 0. The summed E-state index contributed by atoms with van der Waals surface area (Å²) in [6, 6.07) is 7.42. The summed E-state index contributed by atoms with van der Waals surface area (Å²) in [5, 5.41) is 3.97. The molecule has 13 heavy (non-hydrogen) atoms. The average Bonchev–Trinajstić information content (AvgIpc) is 2.08. The Hall–Kier alpha value is 0.380. The van der Waals surface area contributed by atoms with E-state index in [1.807, 2.05) is 0 Å². The van der Waals surface area contributed by atoms with Crippen LogP contribution < -0.4 is 5.25 Å². The number of hydrogen-bond acceptors (Lipinski definition) is 3. The molecule has 1 radical (unpaired) electrons. The molecule has 3 N–H and O–H groups in total. The second-order valence-electron chi connectivity index (χ2n) is 1.79. The molecule has 0 saturated heterocycles. The van der Waals surface area contributed by atoms with E-state index in [1.54, 1.807) is 18.2 Å². The predicted octanol–water partition coefficient (Wildman–Crippen LogP) is 0.651. The molecule has 1 rings (SSSR count). The van der Waals surface area contributed by atoms with Crippen LogP contribution in [0.15, 0.2) is 35.2 Å². The van der Waals surface area contributed by atoms with Gasteiger partial charge < -0.3 is 0 Å². The standard InChI is InChI=1S/C6H6O3S.ClH2N.Na/c7-10(8,9)6-4-2-1-3-5-6;1-2;/h1-5H,(H,7,8,9);2H2;. The summed E-state index contributed by atoms with van der Waals surface area (Å²) >= 11 is 4.14. The van der Waals surface area contributed by atoms with Crippen LogP contribution in [0.2, 0.25) is 0 Å². The first kappa shape index (κ1) is 15.8. The van der Waals surface area contributed by atoms with Crippen LogP contribution in [0.25, 0.3) is 0 Å². The van der Waals surface area contributed by atoms with Crippen molar-refractivity contribution in [1.29, 1.82) is 0 Å². The summed E-state index contributed by atoms with van der Waals surface area (Å²) in [5.41, 5.74) is 0. The molecule has 0 aromatic heterocycles. The molecule has 0 spiro atoms. The van der Waals surface area contributed by atoms with Crippen molar-refractivity contribution in [1.82, 2.24) is 0 Å². The van der Waals surface area contributed by atoms with E-state index in [2.05, 4.69) is 17.0 Å². The summed E-state index contributed by atoms with van der Waals surface area (Å²) in [6.07, 6.45) is 0. The number of rotatable bonds is 1. The van der Waals surface area contributed by atoms with Gasteiger partial charge in [0.05, 0.1) is 4.90 Å². The third-order valence-corrected chi connectivity index (χ3v) is 1.91. The molecule has 4 nitrogen and oxygen atoms in total. The number of hydrogen-bond donors (Lipinski definition) is 2. The number of halogens is 1. The van der Waals surface area contributed by atoms with Gasteiger partial charge >= 0.3 is 0 Å². The molecule has 0 unspecified atom stereocenters. The third-order valence-electron chi connectivity index (χ3n) is 1.04. The van der Waals surface area contributed by atoms with Gasteiger partial charge in [0.2, 0.25) is 0 Å². The Morgan fingerprint density at radius 2 is 1.54 bits per heavy atom. The van der Waals surface area contributed by atoms with E-state index >= 15 is 0 Å². The Balaban J connectivity index is 0. The van der Waals surface area contributed by atoms with E-state index in [9.17, 15) is 8.42 Å². The van der Waals surface area contributed by atoms with Gasteiger partial charge in [-0.3, -0.25) is 4.55 Å². The van der Waals surface area contributed by atoms with Crippen LogP contribution in [-0.4, -0.2) is 42.5 Å². The van der Waals surface area contributed by atoms with E-state index in [-0.39, 0.29) is 34.5 Å². The van der Waals surface area contributed by atoms with Crippen LogP contribution in [0, 0.1) is 0 Å². The third kappa shape index (κ3) is 6.45. The SMILES string of the molecule is NCl.O=S(=O)(O)c1ccccc1.[Na]. The Morgan fingerprint density at radius 1 is 1.15 bits per heavy atom. The molecule has 0 aliphatic heterocycles. The average molecular weight is 233 g/mol. The fourth-order valence-corrected chi connectivity index (χ4v) is 1.09. The van der Waals surface area contributed by atoms with Crippen LogP contribution in [0.5, 0.6) is 0 Å². The van der Waals surface area contributed by atoms with Gasteiger partial charge in [-0.25, -0.2) is 5.25 Å². The van der Waals surface area contributed by atoms with Crippen LogP contribution in [0.4, 0.5) is 0 Å². The molecule has 1 aromatic carbocycles.